The summed E-state index contributed by atoms with van der Waals surface area (Å²) < 4.78 is 5.80. The summed E-state index contributed by atoms with van der Waals surface area (Å²) in [6, 6.07) is 0. The number of carbonyl (C=O) groups is 1. The van der Waals surface area contributed by atoms with E-state index in [-0.39, 0.29) is 12.1 Å². The lowest BCUT2D eigenvalue weighted by molar-refractivity contribution is -0.161. The molecule has 3 atom stereocenters. The van der Waals surface area contributed by atoms with Crippen molar-refractivity contribution in [3.8, 4) is 0 Å². The number of fused-ring (bicyclic) bond motifs is 1. The Hall–Kier alpha value is -0.790. The van der Waals surface area contributed by atoms with Crippen LogP contribution in [0, 0.1) is 17.3 Å². The van der Waals surface area contributed by atoms with Gasteiger partial charge in [0.15, 0.2) is 0 Å². The first-order chi connectivity index (χ1) is 11.5. The average molecular weight is 335 g/mol. The van der Waals surface area contributed by atoms with Crippen molar-refractivity contribution in [1.29, 1.82) is 0 Å². The maximum absolute atomic E-state index is 12.1. The molecule has 0 aromatic heterocycles. The zero-order valence-electron chi connectivity index (χ0n) is 16.4. The van der Waals surface area contributed by atoms with E-state index < -0.39 is 0 Å². The Bertz CT molecular complexity index is 435. The van der Waals surface area contributed by atoms with Gasteiger partial charge in [-0.25, -0.2) is 0 Å². The van der Waals surface area contributed by atoms with Crippen molar-refractivity contribution < 1.29 is 9.53 Å². The third-order valence-electron chi connectivity index (χ3n) is 6.47. The number of hydrogen-bond donors (Lipinski definition) is 0. The molecule has 3 aliphatic rings. The average Bonchev–Trinajstić information content (AvgIpc) is 2.52. The smallest absolute Gasteiger partial charge is 0.306 e. The Labute approximate surface area is 149 Å². The number of esters is 1. The highest BCUT2D eigenvalue weighted by molar-refractivity contribution is 5.69. The van der Waals surface area contributed by atoms with E-state index in [2.05, 4.69) is 33.8 Å². The molecule has 2 nitrogen and oxygen atoms in total. The van der Waals surface area contributed by atoms with Gasteiger partial charge in [-0.2, -0.15) is 0 Å². The van der Waals surface area contributed by atoms with Gasteiger partial charge in [-0.15, -0.1) is 0 Å². The molecule has 0 aliphatic heterocycles. The van der Waals surface area contributed by atoms with Gasteiger partial charge in [-0.3, -0.25) is 4.79 Å². The highest BCUT2D eigenvalue weighted by Crippen LogP contribution is 2.59. The number of ether oxygens (including phenoxy) is 1. The minimum Gasteiger partial charge on any atom is -0.458 e. The molecule has 0 amide bonds. The lowest BCUT2D eigenvalue weighted by atomic mass is 9.48. The maximum Gasteiger partial charge on any atom is 0.306 e. The molecule has 3 unspecified atom stereocenters. The summed E-state index contributed by atoms with van der Waals surface area (Å²) in [4.78, 5) is 12.1. The molecule has 0 heterocycles. The summed E-state index contributed by atoms with van der Waals surface area (Å²) in [5.74, 6) is 1.24. The van der Waals surface area contributed by atoms with Crippen LogP contribution in [0.15, 0.2) is 11.6 Å². The number of rotatable bonds is 11. The van der Waals surface area contributed by atoms with Gasteiger partial charge in [0, 0.05) is 12.3 Å². The predicted octanol–water partition coefficient (Wildman–Crippen LogP) is 6.44. The van der Waals surface area contributed by atoms with Crippen LogP contribution >= 0.6 is 0 Å². The summed E-state index contributed by atoms with van der Waals surface area (Å²) in [7, 11) is 0. The van der Waals surface area contributed by atoms with Crippen molar-refractivity contribution in [3.05, 3.63) is 11.6 Å². The van der Waals surface area contributed by atoms with E-state index in [0.29, 0.717) is 23.7 Å². The van der Waals surface area contributed by atoms with Gasteiger partial charge in [-0.1, -0.05) is 77.7 Å². The largest absolute Gasteiger partial charge is 0.458 e. The lowest BCUT2D eigenvalue weighted by Gasteiger charge is -2.58. The van der Waals surface area contributed by atoms with Gasteiger partial charge in [0.2, 0.25) is 0 Å². The van der Waals surface area contributed by atoms with Crippen molar-refractivity contribution in [2.45, 2.75) is 104 Å². The SMILES string of the molecule is CCCCCCCCCCCC(=O)OC1C=C(C)C2CC1C2(C)C. The molecule has 1 fully saturated rings. The highest BCUT2D eigenvalue weighted by atomic mass is 16.5. The lowest BCUT2D eigenvalue weighted by Crippen LogP contribution is -2.54. The molecule has 3 aliphatic carbocycles. The zero-order chi connectivity index (χ0) is 17.6. The summed E-state index contributed by atoms with van der Waals surface area (Å²) in [5, 5.41) is 0. The topological polar surface area (TPSA) is 26.3 Å². The van der Waals surface area contributed by atoms with Gasteiger partial charge < -0.3 is 4.74 Å². The first-order valence-corrected chi connectivity index (χ1v) is 10.3. The second-order valence-corrected chi connectivity index (χ2v) is 8.66. The molecule has 24 heavy (non-hydrogen) atoms. The van der Waals surface area contributed by atoms with E-state index in [1.165, 1.54) is 63.4 Å². The van der Waals surface area contributed by atoms with E-state index in [1.807, 2.05) is 0 Å². The van der Waals surface area contributed by atoms with E-state index in [4.69, 9.17) is 4.74 Å². The number of unbranched alkanes of at least 4 members (excludes halogenated alkanes) is 8. The monoisotopic (exact) mass is 334 g/mol. The fraction of sp³-hybridized carbons (Fsp3) is 0.864. The van der Waals surface area contributed by atoms with Gasteiger partial charge in [0.1, 0.15) is 6.10 Å². The normalized spacial score (nSPS) is 27.3. The summed E-state index contributed by atoms with van der Waals surface area (Å²) >= 11 is 0. The summed E-state index contributed by atoms with van der Waals surface area (Å²) in [5.41, 5.74) is 1.73. The zero-order valence-corrected chi connectivity index (χ0v) is 16.4. The Balaban J connectivity index is 1.55. The molecule has 3 rings (SSSR count). The van der Waals surface area contributed by atoms with Gasteiger partial charge in [-0.05, 0) is 37.2 Å². The van der Waals surface area contributed by atoms with E-state index in [1.54, 1.807) is 0 Å². The first-order valence-electron chi connectivity index (χ1n) is 10.3. The molecule has 0 radical (unpaired) electrons. The number of carbonyl (C=O) groups excluding carboxylic acids is 1. The van der Waals surface area contributed by atoms with Crippen LogP contribution in [0.1, 0.15) is 98.3 Å². The van der Waals surface area contributed by atoms with Crippen molar-refractivity contribution in [3.63, 3.8) is 0 Å². The number of hydrogen-bond acceptors (Lipinski definition) is 2. The van der Waals surface area contributed by atoms with Crippen LogP contribution in [0.25, 0.3) is 0 Å². The molecule has 0 saturated heterocycles. The molecule has 0 N–H and O–H groups in total. The van der Waals surface area contributed by atoms with Crippen LogP contribution in [0.2, 0.25) is 0 Å². The van der Waals surface area contributed by atoms with Gasteiger partial charge in [0.05, 0.1) is 0 Å². The molecule has 0 spiro atoms. The Morgan fingerprint density at radius 1 is 1.08 bits per heavy atom. The second-order valence-electron chi connectivity index (χ2n) is 8.66. The Kier molecular flexibility index (Phi) is 7.37. The molecule has 1 saturated carbocycles. The first kappa shape index (κ1) is 19.5. The third-order valence-corrected chi connectivity index (χ3v) is 6.47. The minimum atomic E-state index is 0.00754. The fourth-order valence-electron chi connectivity index (χ4n) is 4.69. The van der Waals surface area contributed by atoms with Crippen LogP contribution in [0.4, 0.5) is 0 Å². The summed E-state index contributed by atoms with van der Waals surface area (Å²) in [6.45, 7) is 9.10. The molecule has 2 bridgehead atoms. The van der Waals surface area contributed by atoms with Crippen LogP contribution in [-0.2, 0) is 9.53 Å². The molecule has 0 aromatic carbocycles. The minimum absolute atomic E-state index is 0.00754. The van der Waals surface area contributed by atoms with Crippen molar-refractivity contribution in [2.24, 2.45) is 17.3 Å². The third kappa shape index (κ3) is 4.86. The molecular formula is C22H38O2. The molecular weight excluding hydrogens is 296 g/mol. The molecule has 138 valence electrons. The standard InChI is InChI=1S/C22H38O2/c1-5-6-7-8-9-10-11-12-13-14-21(23)24-20-15-17(2)18-16-19(20)22(18,3)4/h15,18-20H,5-14,16H2,1-4H3. The van der Waals surface area contributed by atoms with Crippen LogP contribution < -0.4 is 0 Å². The van der Waals surface area contributed by atoms with Gasteiger partial charge in [0.25, 0.3) is 0 Å². The van der Waals surface area contributed by atoms with Crippen molar-refractivity contribution in [1.82, 2.24) is 0 Å². The quantitative estimate of drug-likeness (QED) is 0.247. The maximum atomic E-state index is 12.1. The number of allylic oxidation sites excluding steroid dienone is 1. The van der Waals surface area contributed by atoms with E-state index in [0.717, 1.165) is 6.42 Å². The van der Waals surface area contributed by atoms with Crippen molar-refractivity contribution in [2.75, 3.05) is 0 Å². The highest BCUT2D eigenvalue weighted by Gasteiger charge is 2.55. The fourth-order valence-corrected chi connectivity index (χ4v) is 4.69. The predicted molar refractivity (Wildman–Crippen MR) is 101 cm³/mol. The van der Waals surface area contributed by atoms with Gasteiger partial charge >= 0.3 is 5.97 Å². The van der Waals surface area contributed by atoms with Crippen LogP contribution in [-0.4, -0.2) is 12.1 Å². The Morgan fingerprint density at radius 3 is 2.21 bits per heavy atom. The van der Waals surface area contributed by atoms with Crippen molar-refractivity contribution >= 4 is 5.97 Å². The van der Waals surface area contributed by atoms with E-state index in [9.17, 15) is 4.79 Å². The van der Waals surface area contributed by atoms with E-state index >= 15 is 0 Å². The Morgan fingerprint density at radius 2 is 1.67 bits per heavy atom. The second kappa shape index (κ2) is 9.06. The molecule has 0 aromatic rings. The molecule has 2 heteroatoms. The van der Waals surface area contributed by atoms with Crippen LogP contribution in [0.5, 0.6) is 0 Å². The van der Waals surface area contributed by atoms with Crippen LogP contribution in [0.3, 0.4) is 0 Å². The summed E-state index contributed by atoms with van der Waals surface area (Å²) in [6.07, 6.45) is 15.6.